The van der Waals surface area contributed by atoms with Crippen LogP contribution in [0, 0.1) is 0 Å². The summed E-state index contributed by atoms with van der Waals surface area (Å²) in [5.41, 5.74) is 0. The van der Waals surface area contributed by atoms with E-state index in [0.29, 0.717) is 11.4 Å². The second-order valence-electron chi connectivity index (χ2n) is 4.88. The predicted octanol–water partition coefficient (Wildman–Crippen LogP) is 1.87. The molecule has 21 heavy (non-hydrogen) atoms. The summed E-state index contributed by atoms with van der Waals surface area (Å²) in [6, 6.07) is 3.22. The molecule has 2 atom stereocenters. The van der Waals surface area contributed by atoms with Crippen LogP contribution in [-0.2, 0) is 4.79 Å². The van der Waals surface area contributed by atoms with Crippen molar-refractivity contribution < 1.29 is 9.59 Å². The number of halogens is 2. The van der Waals surface area contributed by atoms with Crippen LogP contribution in [0.4, 0.5) is 0 Å². The predicted molar refractivity (Wildman–Crippen MR) is 90.2 cm³/mol. The number of rotatable bonds is 3. The Labute approximate surface area is 143 Å². The van der Waals surface area contributed by atoms with Gasteiger partial charge in [-0.05, 0) is 41.9 Å². The van der Waals surface area contributed by atoms with Crippen LogP contribution in [0.1, 0.15) is 23.5 Å². The zero-order chi connectivity index (χ0) is 14.7. The molecule has 8 heteroatoms. The van der Waals surface area contributed by atoms with Crippen molar-refractivity contribution in [1.29, 1.82) is 0 Å². The maximum absolute atomic E-state index is 12.4. The van der Waals surface area contributed by atoms with Crippen molar-refractivity contribution in [2.45, 2.75) is 25.9 Å². The summed E-state index contributed by atoms with van der Waals surface area (Å²) in [5, 5.41) is 6.01. The maximum Gasteiger partial charge on any atom is 0.262 e. The van der Waals surface area contributed by atoms with E-state index >= 15 is 0 Å². The molecule has 2 N–H and O–H groups in total. The van der Waals surface area contributed by atoms with E-state index < -0.39 is 6.04 Å². The van der Waals surface area contributed by atoms with E-state index in [2.05, 4.69) is 26.6 Å². The molecule has 1 aromatic heterocycles. The van der Waals surface area contributed by atoms with E-state index in [0.717, 1.165) is 16.9 Å². The van der Waals surface area contributed by atoms with Gasteiger partial charge in [-0.15, -0.1) is 23.7 Å². The second kappa shape index (κ2) is 8.12. The lowest BCUT2D eigenvalue weighted by atomic mass is 10.1. The fraction of sp³-hybridized carbons (Fsp3) is 0.538. The average Bonchev–Trinajstić information content (AvgIpc) is 2.85. The molecule has 5 nitrogen and oxygen atoms in total. The highest BCUT2D eigenvalue weighted by molar-refractivity contribution is 9.11. The van der Waals surface area contributed by atoms with E-state index in [4.69, 9.17) is 0 Å². The molecular formula is C13H19BrClN3O2S. The molecule has 1 aliphatic heterocycles. The number of carbonyl (C=O) groups is 2. The first-order valence-corrected chi connectivity index (χ1v) is 8.17. The first kappa shape index (κ1) is 18.4. The van der Waals surface area contributed by atoms with Gasteiger partial charge in [-0.25, -0.2) is 0 Å². The lowest BCUT2D eigenvalue weighted by molar-refractivity contribution is -0.135. The molecule has 2 heterocycles. The zero-order valence-corrected chi connectivity index (χ0v) is 15.1. The molecule has 1 unspecified atom stereocenters. The fourth-order valence-corrected chi connectivity index (χ4v) is 3.47. The fourth-order valence-electron chi connectivity index (χ4n) is 2.18. The van der Waals surface area contributed by atoms with E-state index in [1.807, 2.05) is 17.9 Å². The van der Waals surface area contributed by atoms with E-state index in [9.17, 15) is 9.59 Å². The number of thiophene rings is 1. The van der Waals surface area contributed by atoms with Crippen molar-refractivity contribution in [2.24, 2.45) is 0 Å². The Bertz CT molecular complexity index is 511. The van der Waals surface area contributed by atoms with E-state index in [1.54, 1.807) is 13.0 Å². The number of piperazine rings is 1. The summed E-state index contributed by atoms with van der Waals surface area (Å²) in [6.07, 6.45) is 0. The van der Waals surface area contributed by atoms with E-state index in [-0.39, 0.29) is 30.3 Å². The van der Waals surface area contributed by atoms with Crippen LogP contribution in [0.3, 0.4) is 0 Å². The van der Waals surface area contributed by atoms with Gasteiger partial charge < -0.3 is 15.5 Å². The van der Waals surface area contributed by atoms with Gasteiger partial charge in [0, 0.05) is 25.7 Å². The van der Waals surface area contributed by atoms with Crippen molar-refractivity contribution in [3.05, 3.63) is 20.8 Å². The number of hydrogen-bond donors (Lipinski definition) is 2. The van der Waals surface area contributed by atoms with Crippen molar-refractivity contribution in [3.8, 4) is 0 Å². The highest BCUT2D eigenvalue weighted by Crippen LogP contribution is 2.22. The Balaban J connectivity index is 0.00000220. The first-order valence-electron chi connectivity index (χ1n) is 6.56. The van der Waals surface area contributed by atoms with Gasteiger partial charge in [0.05, 0.1) is 8.66 Å². The number of carbonyl (C=O) groups excluding carboxylic acids is 2. The Hall–Kier alpha value is -0.630. The van der Waals surface area contributed by atoms with Gasteiger partial charge in [0.25, 0.3) is 5.91 Å². The molecule has 0 saturated carbocycles. The van der Waals surface area contributed by atoms with Gasteiger partial charge in [0.1, 0.15) is 6.04 Å². The smallest absolute Gasteiger partial charge is 0.262 e. The standard InChI is InChI=1S/C13H18BrN3O2S.ClH/c1-8-7-15-5-6-17(8)13(19)9(2)16-12(18)10-3-4-11(14)20-10;/h3-4,8-9,15H,5-7H2,1-2H3,(H,16,18);1H/t8-,9?;/m0./s1. The minimum absolute atomic E-state index is 0. The topological polar surface area (TPSA) is 61.4 Å². The summed E-state index contributed by atoms with van der Waals surface area (Å²) in [7, 11) is 0. The van der Waals surface area contributed by atoms with Gasteiger partial charge in [-0.1, -0.05) is 0 Å². The average molecular weight is 397 g/mol. The van der Waals surface area contributed by atoms with Gasteiger partial charge in [-0.3, -0.25) is 9.59 Å². The highest BCUT2D eigenvalue weighted by atomic mass is 79.9. The maximum atomic E-state index is 12.4. The third-order valence-electron chi connectivity index (χ3n) is 3.30. The molecule has 0 spiro atoms. The third kappa shape index (κ3) is 4.67. The van der Waals surface area contributed by atoms with Crippen LogP contribution >= 0.6 is 39.7 Å². The van der Waals surface area contributed by atoms with Crippen LogP contribution in [-0.4, -0.2) is 48.4 Å². The van der Waals surface area contributed by atoms with Crippen LogP contribution in [0.15, 0.2) is 15.9 Å². The summed E-state index contributed by atoms with van der Waals surface area (Å²) in [4.78, 5) is 26.8. The lowest BCUT2D eigenvalue weighted by Crippen LogP contribution is -2.57. The SMILES string of the molecule is CC(NC(=O)c1ccc(Br)s1)C(=O)N1CCNC[C@@H]1C.Cl. The molecule has 118 valence electrons. The molecule has 1 fully saturated rings. The van der Waals surface area contributed by atoms with Crippen LogP contribution in [0.25, 0.3) is 0 Å². The minimum Gasteiger partial charge on any atom is -0.340 e. The molecule has 1 aliphatic rings. The molecule has 0 aromatic carbocycles. The summed E-state index contributed by atoms with van der Waals surface area (Å²) in [5.74, 6) is -0.229. The number of nitrogens with one attached hydrogen (secondary N) is 2. The number of amides is 2. The normalized spacial score (nSPS) is 19.6. The summed E-state index contributed by atoms with van der Waals surface area (Å²) >= 11 is 4.68. The van der Waals surface area contributed by atoms with E-state index in [1.165, 1.54) is 11.3 Å². The highest BCUT2D eigenvalue weighted by Gasteiger charge is 2.28. The van der Waals surface area contributed by atoms with Crippen molar-refractivity contribution in [2.75, 3.05) is 19.6 Å². The summed E-state index contributed by atoms with van der Waals surface area (Å²) in [6.45, 7) is 6.02. The summed E-state index contributed by atoms with van der Waals surface area (Å²) < 4.78 is 0.900. The Morgan fingerprint density at radius 2 is 2.24 bits per heavy atom. The lowest BCUT2D eigenvalue weighted by Gasteiger charge is -2.35. The third-order valence-corrected chi connectivity index (χ3v) is 4.92. The molecule has 0 aliphatic carbocycles. The monoisotopic (exact) mass is 395 g/mol. The van der Waals surface area contributed by atoms with Gasteiger partial charge in [-0.2, -0.15) is 0 Å². The van der Waals surface area contributed by atoms with Gasteiger partial charge >= 0.3 is 0 Å². The molecular weight excluding hydrogens is 378 g/mol. The van der Waals surface area contributed by atoms with Gasteiger partial charge in [0.2, 0.25) is 5.91 Å². The van der Waals surface area contributed by atoms with Crippen LogP contribution in [0.5, 0.6) is 0 Å². The van der Waals surface area contributed by atoms with Crippen LogP contribution < -0.4 is 10.6 Å². The number of hydrogen-bond acceptors (Lipinski definition) is 4. The molecule has 1 saturated heterocycles. The molecule has 2 amide bonds. The molecule has 2 rings (SSSR count). The van der Waals surface area contributed by atoms with Crippen molar-refractivity contribution >= 4 is 51.5 Å². The largest absolute Gasteiger partial charge is 0.340 e. The minimum atomic E-state index is -0.510. The van der Waals surface area contributed by atoms with Crippen molar-refractivity contribution in [3.63, 3.8) is 0 Å². The molecule has 0 bridgehead atoms. The Morgan fingerprint density at radius 1 is 1.52 bits per heavy atom. The number of nitrogens with zero attached hydrogens (tertiary/aromatic N) is 1. The zero-order valence-electron chi connectivity index (χ0n) is 11.9. The first-order chi connectivity index (χ1) is 9.49. The molecule has 0 radical (unpaired) electrons. The Kier molecular flexibility index (Phi) is 7.12. The Morgan fingerprint density at radius 3 is 2.81 bits per heavy atom. The van der Waals surface area contributed by atoms with Gasteiger partial charge in [0.15, 0.2) is 0 Å². The molecule has 1 aromatic rings. The quantitative estimate of drug-likeness (QED) is 0.820. The second-order valence-corrected chi connectivity index (χ2v) is 7.35. The van der Waals surface area contributed by atoms with Crippen LogP contribution in [0.2, 0.25) is 0 Å². The van der Waals surface area contributed by atoms with Crippen molar-refractivity contribution in [1.82, 2.24) is 15.5 Å².